The van der Waals surface area contributed by atoms with E-state index in [1.54, 1.807) is 0 Å². The number of esters is 1. The van der Waals surface area contributed by atoms with E-state index in [1.807, 2.05) is 39.0 Å². The number of anilines is 2. The molecule has 0 saturated carbocycles. The van der Waals surface area contributed by atoms with Gasteiger partial charge in [-0.3, -0.25) is 0 Å². The Morgan fingerprint density at radius 2 is 2.06 bits per heavy atom. The Kier molecular flexibility index (Phi) is 5.42. The van der Waals surface area contributed by atoms with Gasteiger partial charge >= 0.3 is 5.97 Å². The number of nitrogens with zero attached hydrogens (tertiary/aromatic N) is 1. The van der Waals surface area contributed by atoms with E-state index in [2.05, 4.69) is 15.6 Å². The lowest BCUT2D eigenvalue weighted by Crippen LogP contribution is -2.35. The Morgan fingerprint density at radius 1 is 1.39 bits per heavy atom. The van der Waals surface area contributed by atoms with Crippen molar-refractivity contribution in [3.8, 4) is 0 Å². The summed E-state index contributed by atoms with van der Waals surface area (Å²) < 4.78 is 4.78. The van der Waals surface area contributed by atoms with Crippen LogP contribution >= 0.6 is 0 Å². The van der Waals surface area contributed by atoms with Crippen molar-refractivity contribution in [2.45, 2.75) is 26.8 Å². The molecule has 0 aliphatic heterocycles. The highest BCUT2D eigenvalue weighted by Crippen LogP contribution is 2.14. The van der Waals surface area contributed by atoms with Crippen LogP contribution < -0.4 is 10.6 Å². The SMILES string of the molecule is CCNc1cccc(NC(C(=O)OC)C(C)C)n1. The molecule has 1 unspecified atom stereocenters. The molecular formula is C13H21N3O2. The number of rotatable bonds is 6. The molecule has 0 bridgehead atoms. The summed E-state index contributed by atoms with van der Waals surface area (Å²) in [5.41, 5.74) is 0. The fourth-order valence-corrected chi connectivity index (χ4v) is 1.58. The highest BCUT2D eigenvalue weighted by atomic mass is 16.5. The molecule has 0 radical (unpaired) electrons. The molecule has 5 heteroatoms. The topological polar surface area (TPSA) is 63.2 Å². The summed E-state index contributed by atoms with van der Waals surface area (Å²) in [6.45, 7) is 6.74. The number of hydrogen-bond acceptors (Lipinski definition) is 5. The molecule has 1 atom stereocenters. The minimum absolute atomic E-state index is 0.127. The van der Waals surface area contributed by atoms with Crippen LogP contribution in [-0.4, -0.2) is 30.6 Å². The number of carbonyl (C=O) groups is 1. The van der Waals surface area contributed by atoms with Gasteiger partial charge < -0.3 is 15.4 Å². The number of hydrogen-bond donors (Lipinski definition) is 2. The summed E-state index contributed by atoms with van der Waals surface area (Å²) in [6.07, 6.45) is 0. The van der Waals surface area contributed by atoms with Gasteiger partial charge in [-0.05, 0) is 25.0 Å². The number of pyridine rings is 1. The highest BCUT2D eigenvalue weighted by molar-refractivity contribution is 5.79. The molecule has 0 spiro atoms. The fourth-order valence-electron chi connectivity index (χ4n) is 1.58. The van der Waals surface area contributed by atoms with Crippen molar-refractivity contribution in [2.24, 2.45) is 5.92 Å². The van der Waals surface area contributed by atoms with Crippen LogP contribution in [0.5, 0.6) is 0 Å². The molecule has 1 aromatic heterocycles. The van der Waals surface area contributed by atoms with E-state index in [9.17, 15) is 4.79 Å². The maximum atomic E-state index is 11.6. The van der Waals surface area contributed by atoms with Crippen LogP contribution in [0.1, 0.15) is 20.8 Å². The summed E-state index contributed by atoms with van der Waals surface area (Å²) in [5.74, 6) is 1.30. The van der Waals surface area contributed by atoms with Crippen LogP contribution in [-0.2, 0) is 9.53 Å². The molecule has 1 rings (SSSR count). The smallest absolute Gasteiger partial charge is 0.328 e. The van der Waals surface area contributed by atoms with E-state index in [-0.39, 0.29) is 17.9 Å². The van der Waals surface area contributed by atoms with Crippen molar-refractivity contribution in [2.75, 3.05) is 24.3 Å². The molecule has 0 fully saturated rings. The van der Waals surface area contributed by atoms with E-state index in [1.165, 1.54) is 7.11 Å². The zero-order valence-electron chi connectivity index (χ0n) is 11.4. The Morgan fingerprint density at radius 3 is 2.61 bits per heavy atom. The first-order chi connectivity index (χ1) is 8.58. The van der Waals surface area contributed by atoms with Gasteiger partial charge in [-0.25, -0.2) is 9.78 Å². The molecule has 2 N–H and O–H groups in total. The van der Waals surface area contributed by atoms with Gasteiger partial charge in [-0.15, -0.1) is 0 Å². The second-order valence-corrected chi connectivity index (χ2v) is 4.33. The van der Waals surface area contributed by atoms with Crippen LogP contribution in [0.2, 0.25) is 0 Å². The molecule has 0 amide bonds. The van der Waals surface area contributed by atoms with Crippen LogP contribution in [0.3, 0.4) is 0 Å². The van der Waals surface area contributed by atoms with Gasteiger partial charge in [0, 0.05) is 6.54 Å². The Labute approximate surface area is 108 Å². The minimum atomic E-state index is -0.389. The molecule has 100 valence electrons. The van der Waals surface area contributed by atoms with Crippen LogP contribution in [0.25, 0.3) is 0 Å². The Balaban J connectivity index is 2.80. The molecular weight excluding hydrogens is 230 g/mol. The van der Waals surface area contributed by atoms with Crippen molar-refractivity contribution in [3.05, 3.63) is 18.2 Å². The number of ether oxygens (including phenoxy) is 1. The first-order valence-electron chi connectivity index (χ1n) is 6.13. The van der Waals surface area contributed by atoms with E-state index < -0.39 is 0 Å². The maximum absolute atomic E-state index is 11.6. The van der Waals surface area contributed by atoms with Crippen molar-refractivity contribution >= 4 is 17.6 Å². The van der Waals surface area contributed by atoms with Gasteiger partial charge in [0.1, 0.15) is 17.7 Å². The zero-order valence-corrected chi connectivity index (χ0v) is 11.4. The number of nitrogens with one attached hydrogen (secondary N) is 2. The van der Waals surface area contributed by atoms with E-state index >= 15 is 0 Å². The van der Waals surface area contributed by atoms with E-state index in [0.29, 0.717) is 5.82 Å². The third kappa shape index (κ3) is 3.91. The Bertz CT molecular complexity index is 394. The van der Waals surface area contributed by atoms with Crippen molar-refractivity contribution in [3.63, 3.8) is 0 Å². The standard InChI is InChI=1S/C13H21N3O2/c1-5-14-10-7-6-8-11(15-10)16-12(9(2)3)13(17)18-4/h6-9,12H,5H2,1-4H3,(H2,14,15,16). The first kappa shape index (κ1) is 14.3. The highest BCUT2D eigenvalue weighted by Gasteiger charge is 2.23. The normalized spacial score (nSPS) is 12.1. The number of methoxy groups -OCH3 is 1. The molecule has 0 saturated heterocycles. The third-order valence-electron chi connectivity index (χ3n) is 2.53. The van der Waals surface area contributed by atoms with Crippen LogP contribution in [0, 0.1) is 5.92 Å². The molecule has 0 aliphatic carbocycles. The largest absolute Gasteiger partial charge is 0.467 e. The molecule has 5 nitrogen and oxygen atoms in total. The summed E-state index contributed by atoms with van der Waals surface area (Å²) in [7, 11) is 1.39. The third-order valence-corrected chi connectivity index (χ3v) is 2.53. The molecule has 1 aromatic rings. The van der Waals surface area contributed by atoms with E-state index in [4.69, 9.17) is 4.74 Å². The van der Waals surface area contributed by atoms with E-state index in [0.717, 1.165) is 12.4 Å². The van der Waals surface area contributed by atoms with Gasteiger partial charge in [-0.2, -0.15) is 0 Å². The molecule has 0 aliphatic rings. The van der Waals surface area contributed by atoms with Crippen molar-refractivity contribution < 1.29 is 9.53 Å². The fraction of sp³-hybridized carbons (Fsp3) is 0.538. The summed E-state index contributed by atoms with van der Waals surface area (Å²) >= 11 is 0. The van der Waals surface area contributed by atoms with Gasteiger partial charge in [0.25, 0.3) is 0 Å². The maximum Gasteiger partial charge on any atom is 0.328 e. The van der Waals surface area contributed by atoms with Crippen molar-refractivity contribution in [1.29, 1.82) is 0 Å². The lowest BCUT2D eigenvalue weighted by molar-refractivity contribution is -0.142. The summed E-state index contributed by atoms with van der Waals surface area (Å²) in [4.78, 5) is 16.0. The van der Waals surface area contributed by atoms with Crippen LogP contribution in [0.4, 0.5) is 11.6 Å². The zero-order chi connectivity index (χ0) is 13.5. The molecule has 0 aromatic carbocycles. The average Bonchev–Trinajstić information content (AvgIpc) is 2.35. The number of aromatic nitrogens is 1. The van der Waals surface area contributed by atoms with Gasteiger partial charge in [0.2, 0.25) is 0 Å². The lowest BCUT2D eigenvalue weighted by Gasteiger charge is -2.20. The van der Waals surface area contributed by atoms with Gasteiger partial charge in [-0.1, -0.05) is 19.9 Å². The minimum Gasteiger partial charge on any atom is -0.467 e. The monoisotopic (exact) mass is 251 g/mol. The molecule has 18 heavy (non-hydrogen) atoms. The van der Waals surface area contributed by atoms with Gasteiger partial charge in [0.05, 0.1) is 7.11 Å². The summed E-state index contributed by atoms with van der Waals surface area (Å²) in [5, 5.41) is 6.23. The predicted octanol–water partition coefficient (Wildman–Crippen LogP) is 2.12. The second kappa shape index (κ2) is 6.83. The Hall–Kier alpha value is -1.78. The summed E-state index contributed by atoms with van der Waals surface area (Å²) in [6, 6.07) is 5.22. The van der Waals surface area contributed by atoms with Crippen LogP contribution in [0.15, 0.2) is 18.2 Å². The average molecular weight is 251 g/mol. The predicted molar refractivity (Wildman–Crippen MR) is 72.7 cm³/mol. The van der Waals surface area contributed by atoms with Crippen molar-refractivity contribution in [1.82, 2.24) is 4.98 Å². The quantitative estimate of drug-likeness (QED) is 0.758. The van der Waals surface area contributed by atoms with Gasteiger partial charge in [0.15, 0.2) is 0 Å². The first-order valence-corrected chi connectivity index (χ1v) is 6.13. The lowest BCUT2D eigenvalue weighted by atomic mass is 10.0. The number of carbonyl (C=O) groups excluding carboxylic acids is 1. The molecule has 1 heterocycles. The second-order valence-electron chi connectivity index (χ2n) is 4.33.